The standard InChI is InChI=1S/C26H26N4O3S/c1-29-19-27-28-26(29)34-24-13-9-22(10-14-24)18-30(33-16-15-20-5-3-2-4-6-20)23-11-7-21(8-12-23)17-25(31)32/h2-14,19H,15-18H2,1H3,(H,31,32). The Morgan fingerprint density at radius 1 is 0.971 bits per heavy atom. The van der Waals surface area contributed by atoms with Gasteiger partial charge in [0.15, 0.2) is 5.16 Å². The summed E-state index contributed by atoms with van der Waals surface area (Å²) in [5, 5.41) is 19.8. The van der Waals surface area contributed by atoms with Crippen molar-refractivity contribution in [3.63, 3.8) is 0 Å². The van der Waals surface area contributed by atoms with Crippen molar-refractivity contribution in [3.8, 4) is 0 Å². The summed E-state index contributed by atoms with van der Waals surface area (Å²) in [6.07, 6.45) is 2.48. The van der Waals surface area contributed by atoms with Gasteiger partial charge in [-0.2, -0.15) is 0 Å². The van der Waals surface area contributed by atoms with Crippen molar-refractivity contribution < 1.29 is 14.7 Å². The average Bonchev–Trinajstić information content (AvgIpc) is 3.24. The van der Waals surface area contributed by atoms with Crippen molar-refractivity contribution in [2.24, 2.45) is 7.05 Å². The number of aromatic nitrogens is 3. The minimum atomic E-state index is -0.844. The Labute approximate surface area is 203 Å². The van der Waals surface area contributed by atoms with Crippen LogP contribution in [0.1, 0.15) is 16.7 Å². The summed E-state index contributed by atoms with van der Waals surface area (Å²) in [5.74, 6) is -0.844. The fraction of sp³-hybridized carbons (Fsp3) is 0.192. The van der Waals surface area contributed by atoms with Gasteiger partial charge in [-0.25, -0.2) is 5.06 Å². The Hall–Kier alpha value is -3.62. The van der Waals surface area contributed by atoms with Crippen LogP contribution in [0.4, 0.5) is 5.69 Å². The molecule has 174 valence electrons. The zero-order valence-electron chi connectivity index (χ0n) is 18.9. The van der Waals surface area contributed by atoms with Gasteiger partial charge in [0, 0.05) is 11.9 Å². The van der Waals surface area contributed by atoms with Crippen molar-refractivity contribution in [2.75, 3.05) is 11.7 Å². The Bertz CT molecular complexity index is 1190. The van der Waals surface area contributed by atoms with Gasteiger partial charge in [0.1, 0.15) is 6.33 Å². The highest BCUT2D eigenvalue weighted by Crippen LogP contribution is 2.26. The van der Waals surface area contributed by atoms with E-state index in [9.17, 15) is 4.79 Å². The third-order valence-corrected chi connectivity index (χ3v) is 6.25. The first-order valence-corrected chi connectivity index (χ1v) is 11.7. The maximum atomic E-state index is 11.0. The summed E-state index contributed by atoms with van der Waals surface area (Å²) in [4.78, 5) is 18.3. The lowest BCUT2D eigenvalue weighted by Crippen LogP contribution is -2.24. The Balaban J connectivity index is 1.45. The molecule has 0 saturated carbocycles. The van der Waals surface area contributed by atoms with Crippen LogP contribution in [0.15, 0.2) is 95.2 Å². The minimum Gasteiger partial charge on any atom is -0.481 e. The van der Waals surface area contributed by atoms with E-state index in [-0.39, 0.29) is 6.42 Å². The van der Waals surface area contributed by atoms with Gasteiger partial charge in [-0.15, -0.1) is 10.2 Å². The summed E-state index contributed by atoms with van der Waals surface area (Å²) >= 11 is 1.56. The van der Waals surface area contributed by atoms with E-state index < -0.39 is 5.97 Å². The number of anilines is 1. The molecule has 3 aromatic carbocycles. The van der Waals surface area contributed by atoms with Crippen LogP contribution in [0.2, 0.25) is 0 Å². The van der Waals surface area contributed by atoms with Gasteiger partial charge >= 0.3 is 5.97 Å². The summed E-state index contributed by atoms with van der Waals surface area (Å²) in [6, 6.07) is 26.0. The smallest absolute Gasteiger partial charge is 0.307 e. The minimum absolute atomic E-state index is 0.000205. The lowest BCUT2D eigenvalue weighted by molar-refractivity contribution is -0.136. The fourth-order valence-electron chi connectivity index (χ4n) is 3.38. The first-order chi connectivity index (χ1) is 16.6. The van der Waals surface area contributed by atoms with Crippen molar-refractivity contribution in [3.05, 3.63) is 102 Å². The zero-order chi connectivity index (χ0) is 23.8. The SMILES string of the molecule is Cn1cnnc1Sc1ccc(CN(OCCc2ccccc2)c2ccc(CC(=O)O)cc2)cc1. The Morgan fingerprint density at radius 3 is 2.32 bits per heavy atom. The van der Waals surface area contributed by atoms with E-state index in [2.05, 4.69) is 46.6 Å². The van der Waals surface area contributed by atoms with Crippen LogP contribution in [0.5, 0.6) is 0 Å². The van der Waals surface area contributed by atoms with Crippen LogP contribution in [-0.4, -0.2) is 32.4 Å². The molecule has 0 amide bonds. The molecule has 4 aromatic rings. The molecule has 0 aliphatic heterocycles. The molecule has 0 aliphatic carbocycles. The van der Waals surface area contributed by atoms with Crippen LogP contribution in [0.3, 0.4) is 0 Å². The van der Waals surface area contributed by atoms with Gasteiger partial charge in [-0.1, -0.05) is 54.6 Å². The van der Waals surface area contributed by atoms with E-state index in [0.717, 1.165) is 33.3 Å². The number of carbonyl (C=O) groups is 1. The fourth-order valence-corrected chi connectivity index (χ4v) is 4.15. The van der Waals surface area contributed by atoms with E-state index in [1.807, 2.05) is 59.1 Å². The topological polar surface area (TPSA) is 80.5 Å². The normalized spacial score (nSPS) is 10.9. The third kappa shape index (κ3) is 6.69. The van der Waals surface area contributed by atoms with E-state index in [4.69, 9.17) is 9.94 Å². The summed E-state index contributed by atoms with van der Waals surface area (Å²) in [6.45, 7) is 1.09. The summed E-state index contributed by atoms with van der Waals surface area (Å²) in [5.41, 5.74) is 3.94. The Morgan fingerprint density at radius 2 is 1.68 bits per heavy atom. The highest BCUT2D eigenvalue weighted by molar-refractivity contribution is 7.99. The maximum Gasteiger partial charge on any atom is 0.307 e. The third-order valence-electron chi connectivity index (χ3n) is 5.19. The van der Waals surface area contributed by atoms with E-state index in [1.54, 1.807) is 18.1 Å². The molecule has 4 rings (SSSR count). The molecular formula is C26H26N4O3S. The number of carboxylic acids is 1. The van der Waals surface area contributed by atoms with Gasteiger partial charge in [-0.3, -0.25) is 9.63 Å². The van der Waals surface area contributed by atoms with Crippen LogP contribution in [0.25, 0.3) is 0 Å². The van der Waals surface area contributed by atoms with Crippen molar-refractivity contribution in [1.29, 1.82) is 0 Å². The summed E-state index contributed by atoms with van der Waals surface area (Å²) < 4.78 is 1.88. The predicted molar refractivity (Wildman–Crippen MR) is 132 cm³/mol. The van der Waals surface area contributed by atoms with Gasteiger partial charge in [0.2, 0.25) is 0 Å². The average molecular weight is 475 g/mol. The second kappa shape index (κ2) is 11.5. The largest absolute Gasteiger partial charge is 0.481 e. The lowest BCUT2D eigenvalue weighted by Gasteiger charge is -2.24. The number of rotatable bonds is 11. The molecule has 0 bridgehead atoms. The number of carboxylic acid groups (broad SMARTS) is 1. The number of hydrogen-bond donors (Lipinski definition) is 1. The number of benzene rings is 3. The van der Waals surface area contributed by atoms with E-state index in [0.29, 0.717) is 13.2 Å². The predicted octanol–water partition coefficient (Wildman–Crippen LogP) is 4.77. The molecule has 0 spiro atoms. The number of hydrogen-bond acceptors (Lipinski definition) is 6. The number of nitrogens with zero attached hydrogens (tertiary/aromatic N) is 4. The summed E-state index contributed by atoms with van der Waals surface area (Å²) in [7, 11) is 1.92. The van der Waals surface area contributed by atoms with Crippen molar-refractivity contribution in [1.82, 2.24) is 14.8 Å². The maximum absolute atomic E-state index is 11.0. The molecule has 0 saturated heterocycles. The van der Waals surface area contributed by atoms with Gasteiger partial charge < -0.3 is 9.67 Å². The van der Waals surface area contributed by atoms with Gasteiger partial charge in [0.05, 0.1) is 25.3 Å². The first kappa shape index (κ1) is 23.5. The molecule has 1 heterocycles. The number of hydroxylamine groups is 1. The van der Waals surface area contributed by atoms with E-state index >= 15 is 0 Å². The number of aliphatic carboxylic acids is 1. The molecule has 8 heteroatoms. The molecule has 0 radical (unpaired) electrons. The van der Waals surface area contributed by atoms with Gasteiger partial charge in [0.25, 0.3) is 0 Å². The molecule has 1 N–H and O–H groups in total. The van der Waals surface area contributed by atoms with Crippen LogP contribution in [0, 0.1) is 0 Å². The highest BCUT2D eigenvalue weighted by Gasteiger charge is 2.11. The van der Waals surface area contributed by atoms with Crippen molar-refractivity contribution >= 4 is 23.4 Å². The quantitative estimate of drug-likeness (QED) is 0.314. The molecule has 0 unspecified atom stereocenters. The van der Waals surface area contributed by atoms with Crippen LogP contribution >= 0.6 is 11.8 Å². The lowest BCUT2D eigenvalue weighted by atomic mass is 10.1. The first-order valence-electron chi connectivity index (χ1n) is 10.9. The van der Waals surface area contributed by atoms with Gasteiger partial charge in [-0.05, 0) is 59.1 Å². The Kier molecular flexibility index (Phi) is 7.95. The molecule has 1 aromatic heterocycles. The number of aryl methyl sites for hydroxylation is 1. The molecule has 0 aliphatic rings. The van der Waals surface area contributed by atoms with Crippen LogP contribution < -0.4 is 5.06 Å². The second-order valence-corrected chi connectivity index (χ2v) is 8.85. The monoisotopic (exact) mass is 474 g/mol. The highest BCUT2D eigenvalue weighted by atomic mass is 32.2. The zero-order valence-corrected chi connectivity index (χ0v) is 19.7. The van der Waals surface area contributed by atoms with Crippen molar-refractivity contribution in [2.45, 2.75) is 29.4 Å². The van der Waals surface area contributed by atoms with E-state index in [1.165, 1.54) is 5.56 Å². The molecular weight excluding hydrogens is 448 g/mol. The molecule has 0 fully saturated rings. The molecule has 7 nitrogen and oxygen atoms in total. The van der Waals surface area contributed by atoms with Crippen LogP contribution in [-0.2, 0) is 36.1 Å². The molecule has 0 atom stereocenters. The second-order valence-electron chi connectivity index (χ2n) is 7.81. The molecule has 34 heavy (non-hydrogen) atoms.